The number of carboxylic acid groups (broad SMARTS) is 1. The van der Waals surface area contributed by atoms with Crippen molar-refractivity contribution in [2.24, 2.45) is 5.92 Å². The molecule has 1 aliphatic heterocycles. The Bertz CT molecular complexity index is 318. The minimum Gasteiger partial charge on any atom is -0.481 e. The number of nitrogens with zero attached hydrogens (tertiary/aromatic N) is 1. The van der Waals surface area contributed by atoms with Gasteiger partial charge in [0.2, 0.25) is 5.91 Å². The van der Waals surface area contributed by atoms with Crippen molar-refractivity contribution in [3.05, 3.63) is 0 Å². The maximum Gasteiger partial charge on any atom is 0.308 e. The lowest BCUT2D eigenvalue weighted by atomic mass is 9.97. The Morgan fingerprint density at radius 2 is 2.31 bits per heavy atom. The fourth-order valence-corrected chi connectivity index (χ4v) is 2.79. The second-order valence-corrected chi connectivity index (χ2v) is 5.69. The zero-order chi connectivity index (χ0) is 12.3. The van der Waals surface area contributed by atoms with Gasteiger partial charge in [-0.05, 0) is 13.3 Å². The van der Waals surface area contributed by atoms with E-state index in [0.29, 0.717) is 12.2 Å². The third-order valence-corrected chi connectivity index (χ3v) is 3.75. The zero-order valence-electron chi connectivity index (χ0n) is 9.51. The van der Waals surface area contributed by atoms with Crippen molar-refractivity contribution in [1.82, 2.24) is 4.90 Å². The van der Waals surface area contributed by atoms with Crippen LogP contribution in [0, 0.1) is 5.92 Å². The van der Waals surface area contributed by atoms with Gasteiger partial charge in [-0.25, -0.2) is 0 Å². The maximum absolute atomic E-state index is 11.6. The highest BCUT2D eigenvalue weighted by molar-refractivity contribution is 7.84. The van der Waals surface area contributed by atoms with Gasteiger partial charge in [-0.3, -0.25) is 13.8 Å². The monoisotopic (exact) mass is 247 g/mol. The van der Waals surface area contributed by atoms with Gasteiger partial charge in [-0.2, -0.15) is 0 Å². The normalized spacial score (nSPS) is 25.2. The first-order valence-corrected chi connectivity index (χ1v) is 6.96. The molecule has 1 N–H and O–H groups in total. The number of aliphatic carboxylic acids is 1. The van der Waals surface area contributed by atoms with E-state index in [0.717, 1.165) is 0 Å². The molecular weight excluding hydrogens is 230 g/mol. The highest BCUT2D eigenvalue weighted by atomic mass is 32.2. The van der Waals surface area contributed by atoms with Crippen molar-refractivity contribution in [2.75, 3.05) is 18.6 Å². The number of piperidine rings is 1. The predicted molar refractivity (Wildman–Crippen MR) is 60.5 cm³/mol. The first kappa shape index (κ1) is 13.2. The van der Waals surface area contributed by atoms with Gasteiger partial charge in [0.25, 0.3) is 0 Å². The standard InChI is InChI=1S/C10H17NO4S/c1-7(6-16(2)15)11-5-8(10(13)14)3-4-9(11)12/h7-8H,3-6H2,1-2H3,(H,13,14). The molecule has 0 aromatic heterocycles. The highest BCUT2D eigenvalue weighted by Gasteiger charge is 2.32. The molecule has 1 amide bonds. The molecule has 1 saturated heterocycles. The molecule has 6 heteroatoms. The summed E-state index contributed by atoms with van der Waals surface area (Å²) >= 11 is 0. The second kappa shape index (κ2) is 5.43. The summed E-state index contributed by atoms with van der Waals surface area (Å²) in [4.78, 5) is 24.0. The quantitative estimate of drug-likeness (QED) is 0.763. The Labute approximate surface area is 97.3 Å². The van der Waals surface area contributed by atoms with E-state index in [1.807, 2.05) is 6.92 Å². The van der Waals surface area contributed by atoms with Gasteiger partial charge in [0.15, 0.2) is 0 Å². The van der Waals surface area contributed by atoms with E-state index in [9.17, 15) is 13.8 Å². The highest BCUT2D eigenvalue weighted by Crippen LogP contribution is 2.20. The van der Waals surface area contributed by atoms with Gasteiger partial charge >= 0.3 is 5.97 Å². The summed E-state index contributed by atoms with van der Waals surface area (Å²) in [5.41, 5.74) is 0. The van der Waals surface area contributed by atoms with Crippen molar-refractivity contribution in [1.29, 1.82) is 0 Å². The van der Waals surface area contributed by atoms with Crippen LogP contribution in [0.4, 0.5) is 0 Å². The van der Waals surface area contributed by atoms with Crippen LogP contribution in [0.25, 0.3) is 0 Å². The maximum atomic E-state index is 11.6. The van der Waals surface area contributed by atoms with Crippen molar-refractivity contribution >= 4 is 22.7 Å². The predicted octanol–water partition coefficient (Wildman–Crippen LogP) is 0.0766. The minimum absolute atomic E-state index is 0.0320. The van der Waals surface area contributed by atoms with Gasteiger partial charge in [0.1, 0.15) is 0 Å². The topological polar surface area (TPSA) is 74.7 Å². The van der Waals surface area contributed by atoms with E-state index in [4.69, 9.17) is 5.11 Å². The summed E-state index contributed by atoms with van der Waals surface area (Å²) in [6.07, 6.45) is 2.27. The third-order valence-electron chi connectivity index (χ3n) is 2.80. The zero-order valence-corrected chi connectivity index (χ0v) is 10.3. The van der Waals surface area contributed by atoms with Gasteiger partial charge < -0.3 is 10.0 Å². The molecule has 0 aromatic rings. The molecule has 1 aliphatic rings. The lowest BCUT2D eigenvalue weighted by molar-refractivity contribution is -0.148. The molecule has 0 aliphatic carbocycles. The van der Waals surface area contributed by atoms with Crippen LogP contribution in [0.2, 0.25) is 0 Å². The third kappa shape index (κ3) is 3.30. The Morgan fingerprint density at radius 1 is 1.69 bits per heavy atom. The summed E-state index contributed by atoms with van der Waals surface area (Å²) in [6.45, 7) is 2.05. The number of rotatable bonds is 4. The van der Waals surface area contributed by atoms with Crippen LogP contribution < -0.4 is 0 Å². The minimum atomic E-state index is -0.976. The molecule has 0 aromatic carbocycles. The van der Waals surface area contributed by atoms with E-state index < -0.39 is 22.7 Å². The largest absolute Gasteiger partial charge is 0.481 e. The molecule has 0 radical (unpaired) electrons. The molecule has 1 fully saturated rings. The van der Waals surface area contributed by atoms with Crippen LogP contribution in [0.15, 0.2) is 0 Å². The lowest BCUT2D eigenvalue weighted by Gasteiger charge is -2.35. The molecule has 3 atom stereocenters. The average Bonchev–Trinajstić information content (AvgIpc) is 2.16. The molecule has 0 saturated carbocycles. The molecular formula is C10H17NO4S. The van der Waals surface area contributed by atoms with Crippen molar-refractivity contribution in [3.63, 3.8) is 0 Å². The van der Waals surface area contributed by atoms with Crippen molar-refractivity contribution < 1.29 is 18.9 Å². The van der Waals surface area contributed by atoms with E-state index in [2.05, 4.69) is 0 Å². The van der Waals surface area contributed by atoms with E-state index in [1.54, 1.807) is 11.2 Å². The number of amides is 1. The molecule has 1 heterocycles. The first-order chi connectivity index (χ1) is 7.41. The fourth-order valence-electron chi connectivity index (χ4n) is 1.93. The number of hydrogen-bond acceptors (Lipinski definition) is 3. The number of hydrogen-bond donors (Lipinski definition) is 1. The van der Waals surface area contributed by atoms with E-state index in [-0.39, 0.29) is 24.9 Å². The fraction of sp³-hybridized carbons (Fsp3) is 0.800. The SMILES string of the molecule is CC(CS(C)=O)N1CC(C(=O)O)CCC1=O. The van der Waals surface area contributed by atoms with E-state index in [1.165, 1.54) is 0 Å². The molecule has 3 unspecified atom stereocenters. The molecule has 1 rings (SSSR count). The van der Waals surface area contributed by atoms with E-state index >= 15 is 0 Å². The molecule has 16 heavy (non-hydrogen) atoms. The van der Waals surface area contributed by atoms with Crippen LogP contribution in [0.3, 0.4) is 0 Å². The van der Waals surface area contributed by atoms with Gasteiger partial charge in [0.05, 0.1) is 5.92 Å². The smallest absolute Gasteiger partial charge is 0.308 e. The van der Waals surface area contributed by atoms with Gasteiger partial charge in [0, 0.05) is 41.8 Å². The molecule has 92 valence electrons. The number of likely N-dealkylation sites (tertiary alicyclic amines) is 1. The Balaban J connectivity index is 2.65. The van der Waals surface area contributed by atoms with Gasteiger partial charge in [-0.15, -0.1) is 0 Å². The Kier molecular flexibility index (Phi) is 4.46. The lowest BCUT2D eigenvalue weighted by Crippen LogP contribution is -2.48. The molecule has 0 spiro atoms. The van der Waals surface area contributed by atoms with Crippen LogP contribution in [-0.2, 0) is 20.4 Å². The summed E-state index contributed by atoms with van der Waals surface area (Å²) in [7, 11) is -0.976. The summed E-state index contributed by atoms with van der Waals surface area (Å²) in [6, 6.07) is -0.152. The summed E-state index contributed by atoms with van der Waals surface area (Å²) in [5, 5.41) is 8.91. The van der Waals surface area contributed by atoms with Crippen molar-refractivity contribution in [2.45, 2.75) is 25.8 Å². The molecule has 5 nitrogen and oxygen atoms in total. The van der Waals surface area contributed by atoms with Crippen LogP contribution in [0.5, 0.6) is 0 Å². The molecule has 0 bridgehead atoms. The van der Waals surface area contributed by atoms with Crippen LogP contribution >= 0.6 is 0 Å². The van der Waals surface area contributed by atoms with Crippen LogP contribution in [0.1, 0.15) is 19.8 Å². The van der Waals surface area contributed by atoms with Crippen LogP contribution in [-0.4, -0.2) is 50.7 Å². The second-order valence-electron chi connectivity index (χ2n) is 4.21. The summed E-state index contributed by atoms with van der Waals surface area (Å²) < 4.78 is 11.1. The van der Waals surface area contributed by atoms with Gasteiger partial charge in [-0.1, -0.05) is 0 Å². The number of carbonyl (C=O) groups is 2. The number of carboxylic acids is 1. The average molecular weight is 247 g/mol. The van der Waals surface area contributed by atoms with Crippen molar-refractivity contribution in [3.8, 4) is 0 Å². The summed E-state index contributed by atoms with van der Waals surface area (Å²) in [5.74, 6) is -0.971. The number of carbonyl (C=O) groups excluding carboxylic acids is 1. The first-order valence-electron chi connectivity index (χ1n) is 5.24. The Morgan fingerprint density at radius 3 is 2.81 bits per heavy atom. The Hall–Kier alpha value is -0.910.